The Morgan fingerprint density at radius 3 is 1.97 bits per heavy atom. The maximum absolute atomic E-state index is 13.1. The summed E-state index contributed by atoms with van der Waals surface area (Å²) >= 11 is 0. The van der Waals surface area contributed by atoms with Crippen molar-refractivity contribution in [3.05, 3.63) is 35.4 Å². The van der Waals surface area contributed by atoms with Gasteiger partial charge in [-0.2, -0.15) is 0 Å². The fourth-order valence-corrected chi connectivity index (χ4v) is 6.95. The molecule has 0 spiro atoms. The number of nitrogens with zero attached hydrogens (tertiary/aromatic N) is 1. The molecule has 0 bridgehead atoms. The van der Waals surface area contributed by atoms with Crippen molar-refractivity contribution in [2.45, 2.75) is 142 Å². The lowest BCUT2D eigenvalue weighted by molar-refractivity contribution is 0.104. The molecule has 3 aliphatic carbocycles. The van der Waals surface area contributed by atoms with Crippen LogP contribution in [0.3, 0.4) is 0 Å². The van der Waals surface area contributed by atoms with Gasteiger partial charge in [-0.1, -0.05) is 78.1 Å². The maximum atomic E-state index is 13.1. The zero-order valence-corrected chi connectivity index (χ0v) is 24.1. The molecule has 4 heteroatoms. The Morgan fingerprint density at radius 1 is 0.763 bits per heavy atom. The summed E-state index contributed by atoms with van der Waals surface area (Å²) < 4.78 is 0. The van der Waals surface area contributed by atoms with Crippen molar-refractivity contribution in [3.63, 3.8) is 0 Å². The van der Waals surface area contributed by atoms with E-state index in [0.717, 1.165) is 48.9 Å². The fourth-order valence-electron chi connectivity index (χ4n) is 6.95. The molecule has 4 nitrogen and oxygen atoms in total. The summed E-state index contributed by atoms with van der Waals surface area (Å²) in [4.78, 5) is 18.2. The maximum Gasteiger partial charge on any atom is 0.188 e. The third-order valence-electron chi connectivity index (χ3n) is 9.35. The zero-order valence-electron chi connectivity index (χ0n) is 24.1. The number of allylic oxidation sites excluding steroid dienone is 2. The van der Waals surface area contributed by atoms with Crippen LogP contribution in [0.5, 0.6) is 5.75 Å². The summed E-state index contributed by atoms with van der Waals surface area (Å²) in [5, 5.41) is 14.5. The lowest BCUT2D eigenvalue weighted by atomic mass is 9.82. The van der Waals surface area contributed by atoms with E-state index in [1.54, 1.807) is 12.1 Å². The average Bonchev–Trinajstić information content (AvgIpc) is 2.93. The molecule has 210 valence electrons. The predicted molar refractivity (Wildman–Crippen MR) is 161 cm³/mol. The molecule has 1 aromatic carbocycles. The Bertz CT molecular complexity index is 949. The quantitative estimate of drug-likeness (QED) is 0.201. The van der Waals surface area contributed by atoms with E-state index in [0.29, 0.717) is 17.2 Å². The minimum Gasteiger partial charge on any atom is -0.507 e. The van der Waals surface area contributed by atoms with Crippen LogP contribution >= 0.6 is 0 Å². The topological polar surface area (TPSA) is 61.7 Å². The van der Waals surface area contributed by atoms with Crippen LogP contribution in [0.1, 0.15) is 145 Å². The number of carbonyl (C=O) groups is 1. The number of unbranched alkanes of at least 4 members (excludes halogenated alkanes) is 6. The van der Waals surface area contributed by atoms with Crippen LogP contribution in [0.25, 0.3) is 0 Å². The van der Waals surface area contributed by atoms with Gasteiger partial charge >= 0.3 is 0 Å². The Hall–Kier alpha value is -2.10. The molecule has 4 rings (SSSR count). The number of anilines is 1. The van der Waals surface area contributed by atoms with E-state index in [1.165, 1.54) is 89.9 Å². The number of carbonyl (C=O) groups excluding carboxylic acids is 1. The first-order valence-electron chi connectivity index (χ1n) is 16.0. The minimum absolute atomic E-state index is 0.0299. The number of nitrogens with one attached hydrogen (secondary N) is 1. The lowest BCUT2D eigenvalue weighted by Crippen LogP contribution is -2.28. The first kappa shape index (κ1) is 28.9. The average molecular weight is 521 g/mol. The van der Waals surface area contributed by atoms with Crippen LogP contribution in [-0.4, -0.2) is 28.7 Å². The van der Waals surface area contributed by atoms with E-state index in [9.17, 15) is 9.90 Å². The lowest BCUT2D eigenvalue weighted by Gasteiger charge is -2.31. The Balaban J connectivity index is 1.37. The smallest absolute Gasteiger partial charge is 0.188 e. The van der Waals surface area contributed by atoms with Gasteiger partial charge < -0.3 is 10.4 Å². The highest BCUT2D eigenvalue weighted by Crippen LogP contribution is 2.37. The first-order valence-corrected chi connectivity index (χ1v) is 16.0. The second-order valence-electron chi connectivity index (χ2n) is 12.3. The summed E-state index contributed by atoms with van der Waals surface area (Å²) in [5.74, 6) is 1.84. The molecule has 2 N–H and O–H groups in total. The number of phenols is 1. The van der Waals surface area contributed by atoms with E-state index < -0.39 is 0 Å². The number of ketones is 1. The zero-order chi connectivity index (χ0) is 26.7. The van der Waals surface area contributed by atoms with Crippen molar-refractivity contribution >= 4 is 17.2 Å². The first-order chi connectivity index (χ1) is 18.6. The van der Waals surface area contributed by atoms with Gasteiger partial charge in [-0.15, -0.1) is 0 Å². The van der Waals surface area contributed by atoms with Gasteiger partial charge in [0, 0.05) is 11.7 Å². The second kappa shape index (κ2) is 14.9. The van der Waals surface area contributed by atoms with Crippen molar-refractivity contribution in [1.29, 1.82) is 0 Å². The largest absolute Gasteiger partial charge is 0.507 e. The van der Waals surface area contributed by atoms with Gasteiger partial charge in [-0.05, 0) is 87.5 Å². The van der Waals surface area contributed by atoms with Crippen LogP contribution in [0.15, 0.2) is 29.3 Å². The third kappa shape index (κ3) is 7.96. The van der Waals surface area contributed by atoms with Gasteiger partial charge in [0.1, 0.15) is 5.75 Å². The Kier molecular flexibility index (Phi) is 11.3. The van der Waals surface area contributed by atoms with Gasteiger partial charge in [-0.25, -0.2) is 0 Å². The fraction of sp³-hybridized carbons (Fsp3) is 0.706. The summed E-state index contributed by atoms with van der Waals surface area (Å²) in [6.45, 7) is 4.54. The number of benzene rings is 1. The summed E-state index contributed by atoms with van der Waals surface area (Å²) in [7, 11) is 0. The van der Waals surface area contributed by atoms with Crippen LogP contribution in [-0.2, 0) is 0 Å². The van der Waals surface area contributed by atoms with Gasteiger partial charge in [0.15, 0.2) is 5.78 Å². The van der Waals surface area contributed by atoms with Crippen LogP contribution in [0.4, 0.5) is 5.69 Å². The van der Waals surface area contributed by atoms with Crippen LogP contribution < -0.4 is 5.32 Å². The molecular formula is C34H52N2O2. The number of phenolic OH excluding ortho intramolecular Hbond substituents is 1. The number of aliphatic imine (C=N–C) groups is 1. The highest BCUT2D eigenvalue weighted by Gasteiger charge is 2.29. The second-order valence-corrected chi connectivity index (χ2v) is 12.3. The summed E-state index contributed by atoms with van der Waals surface area (Å²) in [6.07, 6.45) is 26.5. The number of aromatic hydroxyl groups is 1. The molecule has 0 aliphatic heterocycles. The number of fused-ring (bicyclic) bond motifs is 1. The predicted octanol–water partition coefficient (Wildman–Crippen LogP) is 9.40. The molecule has 38 heavy (non-hydrogen) atoms. The molecule has 0 heterocycles. The standard InChI is InChI=1S/C34H52N2O2/c1-3-5-7-9-11-25-13-17-27(18-14-25)35-29-21-23-32(38)34-30(22-24-31(37)33(29)34)36-28-19-15-26(16-20-28)12-10-8-6-4-2/h21-28,35,38H,3-20H2,1-2H3. The molecule has 1 aromatic rings. The SMILES string of the molecule is CCCCCCC1CCC(N=C2C=CC(=O)c3c(NC4CCC(CCCCCC)CC4)ccc(O)c32)CC1. The highest BCUT2D eigenvalue weighted by molar-refractivity contribution is 6.27. The van der Waals surface area contributed by atoms with Gasteiger partial charge in [-0.3, -0.25) is 9.79 Å². The van der Waals surface area contributed by atoms with E-state index in [-0.39, 0.29) is 17.6 Å². The van der Waals surface area contributed by atoms with Crippen molar-refractivity contribution in [2.24, 2.45) is 16.8 Å². The number of hydrogen-bond donors (Lipinski definition) is 2. The third-order valence-corrected chi connectivity index (χ3v) is 9.35. The molecule has 0 amide bonds. The summed E-state index contributed by atoms with van der Waals surface area (Å²) in [6, 6.07) is 4.31. The van der Waals surface area contributed by atoms with E-state index in [1.807, 2.05) is 12.1 Å². The molecule has 0 radical (unpaired) electrons. The molecule has 2 saturated carbocycles. The van der Waals surface area contributed by atoms with E-state index in [4.69, 9.17) is 4.99 Å². The monoisotopic (exact) mass is 520 g/mol. The van der Waals surface area contributed by atoms with Gasteiger partial charge in [0.2, 0.25) is 0 Å². The molecular weight excluding hydrogens is 468 g/mol. The molecule has 0 unspecified atom stereocenters. The van der Waals surface area contributed by atoms with Crippen molar-refractivity contribution in [1.82, 2.24) is 0 Å². The molecule has 3 aliphatic rings. The van der Waals surface area contributed by atoms with Crippen molar-refractivity contribution in [2.75, 3.05) is 5.32 Å². The minimum atomic E-state index is -0.0299. The number of hydrogen-bond acceptors (Lipinski definition) is 4. The Morgan fingerprint density at radius 2 is 1.37 bits per heavy atom. The molecule has 0 aromatic heterocycles. The molecule has 0 saturated heterocycles. The van der Waals surface area contributed by atoms with Crippen molar-refractivity contribution < 1.29 is 9.90 Å². The van der Waals surface area contributed by atoms with E-state index in [2.05, 4.69) is 19.2 Å². The Labute approximate surface area is 231 Å². The molecule has 2 fully saturated rings. The van der Waals surface area contributed by atoms with Gasteiger partial charge in [0.05, 0.1) is 22.9 Å². The summed E-state index contributed by atoms with van der Waals surface area (Å²) in [5.41, 5.74) is 2.89. The molecule has 0 atom stereocenters. The normalized spacial score (nSPS) is 26.5. The van der Waals surface area contributed by atoms with Crippen LogP contribution in [0.2, 0.25) is 0 Å². The highest BCUT2D eigenvalue weighted by atomic mass is 16.3. The van der Waals surface area contributed by atoms with Crippen LogP contribution in [0, 0.1) is 11.8 Å². The van der Waals surface area contributed by atoms with Crippen molar-refractivity contribution in [3.8, 4) is 5.75 Å². The number of rotatable bonds is 13. The van der Waals surface area contributed by atoms with E-state index >= 15 is 0 Å². The van der Waals surface area contributed by atoms with Gasteiger partial charge in [0.25, 0.3) is 0 Å².